The number of amides is 2. The van der Waals surface area contributed by atoms with Crippen LogP contribution in [0.5, 0.6) is 0 Å². The molecule has 0 aliphatic carbocycles. The van der Waals surface area contributed by atoms with E-state index >= 15 is 0 Å². The van der Waals surface area contributed by atoms with E-state index in [1.807, 2.05) is 42.6 Å². The van der Waals surface area contributed by atoms with Crippen molar-refractivity contribution < 1.29 is 9.59 Å². The maximum Gasteiger partial charge on any atom is 0.242 e. The second kappa shape index (κ2) is 9.81. The minimum atomic E-state index is -0.628. The summed E-state index contributed by atoms with van der Waals surface area (Å²) in [6, 6.07) is 12.8. The first kappa shape index (κ1) is 21.2. The first-order valence-corrected chi connectivity index (χ1v) is 10.2. The Hall–Kier alpha value is -2.50. The highest BCUT2D eigenvalue weighted by molar-refractivity contribution is 6.42. The molecule has 3 rings (SSSR count). The van der Waals surface area contributed by atoms with Crippen molar-refractivity contribution >= 4 is 45.9 Å². The maximum absolute atomic E-state index is 12.7. The van der Waals surface area contributed by atoms with Gasteiger partial charge in [0.05, 0.1) is 10.0 Å². The molecule has 1 unspecified atom stereocenters. The molecule has 1 atom stereocenters. The average molecular weight is 432 g/mol. The molecule has 0 fully saturated rings. The van der Waals surface area contributed by atoms with E-state index < -0.39 is 6.04 Å². The molecule has 1 heterocycles. The van der Waals surface area contributed by atoms with Crippen LogP contribution >= 0.6 is 23.2 Å². The highest BCUT2D eigenvalue weighted by Crippen LogP contribution is 2.23. The Kier molecular flexibility index (Phi) is 7.18. The van der Waals surface area contributed by atoms with E-state index in [0.717, 1.165) is 34.9 Å². The third-order valence-electron chi connectivity index (χ3n) is 4.72. The number of carbonyl (C=O) groups excluding carboxylic acids is 2. The number of para-hydroxylation sites is 1. The quantitative estimate of drug-likeness (QED) is 0.465. The summed E-state index contributed by atoms with van der Waals surface area (Å²) in [5.74, 6) is -0.430. The van der Waals surface area contributed by atoms with Crippen LogP contribution in [0.1, 0.15) is 24.5 Å². The molecular formula is C22H23Cl2N3O2. The zero-order chi connectivity index (χ0) is 20.8. The average Bonchev–Trinajstić information content (AvgIpc) is 3.10. The molecule has 2 amide bonds. The van der Waals surface area contributed by atoms with E-state index in [1.165, 1.54) is 6.92 Å². The number of rotatable bonds is 8. The fourth-order valence-corrected chi connectivity index (χ4v) is 3.62. The number of hydrogen-bond donors (Lipinski definition) is 3. The number of benzene rings is 2. The van der Waals surface area contributed by atoms with Gasteiger partial charge in [0.25, 0.3) is 0 Å². The molecule has 7 heteroatoms. The molecule has 0 saturated carbocycles. The molecule has 0 spiro atoms. The van der Waals surface area contributed by atoms with Gasteiger partial charge in [0.1, 0.15) is 6.04 Å². The Balaban J connectivity index is 1.57. The van der Waals surface area contributed by atoms with Crippen molar-refractivity contribution in [3.8, 4) is 0 Å². The van der Waals surface area contributed by atoms with Gasteiger partial charge >= 0.3 is 0 Å². The molecule has 152 valence electrons. The van der Waals surface area contributed by atoms with Crippen molar-refractivity contribution in [2.75, 3.05) is 6.54 Å². The van der Waals surface area contributed by atoms with Gasteiger partial charge in [-0.1, -0.05) is 47.5 Å². The van der Waals surface area contributed by atoms with Crippen LogP contribution in [0.25, 0.3) is 10.9 Å². The van der Waals surface area contributed by atoms with Crippen molar-refractivity contribution in [2.24, 2.45) is 0 Å². The molecule has 5 nitrogen and oxygen atoms in total. The highest BCUT2D eigenvalue weighted by Gasteiger charge is 2.21. The monoisotopic (exact) mass is 431 g/mol. The molecule has 2 aromatic carbocycles. The predicted molar refractivity (Wildman–Crippen MR) is 117 cm³/mol. The summed E-state index contributed by atoms with van der Waals surface area (Å²) in [6.45, 7) is 1.92. The van der Waals surface area contributed by atoms with Crippen LogP contribution in [0.3, 0.4) is 0 Å². The molecule has 1 aromatic heterocycles. The summed E-state index contributed by atoms with van der Waals surface area (Å²) in [4.78, 5) is 27.5. The van der Waals surface area contributed by atoms with Crippen molar-refractivity contribution in [3.05, 3.63) is 69.8 Å². The standard InChI is InChI=1S/C22H23Cl2N3O2/c1-14(28)27-21(12-16-13-26-20-7-3-2-6-17(16)20)22(29)25-10-4-5-15-8-9-18(23)19(24)11-15/h2-3,6-9,11,13,21,26H,4-5,10,12H2,1H3,(H,25,29)(H,27,28). The molecular weight excluding hydrogens is 409 g/mol. The van der Waals surface area contributed by atoms with Gasteiger partial charge in [-0.25, -0.2) is 0 Å². The topological polar surface area (TPSA) is 74.0 Å². The largest absolute Gasteiger partial charge is 0.361 e. The number of aromatic amines is 1. The molecule has 29 heavy (non-hydrogen) atoms. The van der Waals surface area contributed by atoms with E-state index in [4.69, 9.17) is 23.2 Å². The SMILES string of the molecule is CC(=O)NC(Cc1c[nH]c2ccccc12)C(=O)NCCCc1ccc(Cl)c(Cl)c1. The van der Waals surface area contributed by atoms with Crippen LogP contribution in [-0.2, 0) is 22.4 Å². The number of carbonyl (C=O) groups is 2. The summed E-state index contributed by atoms with van der Waals surface area (Å²) in [6.07, 6.45) is 3.83. The van der Waals surface area contributed by atoms with E-state index in [2.05, 4.69) is 15.6 Å². The Labute approximate surface area is 179 Å². The van der Waals surface area contributed by atoms with Gasteiger partial charge in [-0.3, -0.25) is 9.59 Å². The predicted octanol–water partition coefficient (Wildman–Crippen LogP) is 4.27. The van der Waals surface area contributed by atoms with Gasteiger partial charge in [0.15, 0.2) is 0 Å². The first-order chi connectivity index (χ1) is 13.9. The maximum atomic E-state index is 12.7. The highest BCUT2D eigenvalue weighted by atomic mass is 35.5. The minimum absolute atomic E-state index is 0.195. The summed E-state index contributed by atoms with van der Waals surface area (Å²) < 4.78 is 0. The number of nitrogens with one attached hydrogen (secondary N) is 3. The van der Waals surface area contributed by atoms with Crippen LogP contribution < -0.4 is 10.6 Å². The Bertz CT molecular complexity index is 1020. The zero-order valence-electron chi connectivity index (χ0n) is 16.1. The van der Waals surface area contributed by atoms with E-state index in [9.17, 15) is 9.59 Å². The molecule has 0 aliphatic rings. The van der Waals surface area contributed by atoms with Gasteiger partial charge in [0.2, 0.25) is 11.8 Å². The molecule has 3 N–H and O–H groups in total. The number of aryl methyl sites for hydroxylation is 1. The number of hydrogen-bond acceptors (Lipinski definition) is 2. The molecule has 3 aromatic rings. The molecule has 0 saturated heterocycles. The normalized spacial score (nSPS) is 12.0. The molecule has 0 aliphatic heterocycles. The van der Waals surface area contributed by atoms with Gasteiger partial charge in [-0.15, -0.1) is 0 Å². The molecule has 0 radical (unpaired) electrons. The number of aromatic nitrogens is 1. The van der Waals surface area contributed by atoms with Crippen molar-refractivity contribution in [1.29, 1.82) is 0 Å². The van der Waals surface area contributed by atoms with Gasteiger partial charge in [0, 0.05) is 37.0 Å². The van der Waals surface area contributed by atoms with Crippen LogP contribution in [0.4, 0.5) is 0 Å². The fourth-order valence-electron chi connectivity index (χ4n) is 3.30. The number of fused-ring (bicyclic) bond motifs is 1. The lowest BCUT2D eigenvalue weighted by molar-refractivity contribution is -0.128. The summed E-state index contributed by atoms with van der Waals surface area (Å²) in [7, 11) is 0. The third-order valence-corrected chi connectivity index (χ3v) is 5.46. The van der Waals surface area contributed by atoms with Crippen molar-refractivity contribution in [1.82, 2.24) is 15.6 Å². The smallest absolute Gasteiger partial charge is 0.242 e. The lowest BCUT2D eigenvalue weighted by Crippen LogP contribution is -2.47. The summed E-state index contributed by atoms with van der Waals surface area (Å²) >= 11 is 12.0. The van der Waals surface area contributed by atoms with E-state index in [0.29, 0.717) is 23.0 Å². The van der Waals surface area contributed by atoms with Gasteiger partial charge in [-0.2, -0.15) is 0 Å². The van der Waals surface area contributed by atoms with Gasteiger partial charge in [-0.05, 0) is 42.2 Å². The lowest BCUT2D eigenvalue weighted by atomic mass is 10.0. The van der Waals surface area contributed by atoms with Crippen LogP contribution in [-0.4, -0.2) is 29.4 Å². The second-order valence-corrected chi connectivity index (χ2v) is 7.77. The molecule has 0 bridgehead atoms. The van der Waals surface area contributed by atoms with Crippen molar-refractivity contribution in [2.45, 2.75) is 32.2 Å². The van der Waals surface area contributed by atoms with Crippen LogP contribution in [0.2, 0.25) is 10.0 Å². The first-order valence-electron chi connectivity index (χ1n) is 9.48. The van der Waals surface area contributed by atoms with Crippen LogP contribution in [0.15, 0.2) is 48.7 Å². The summed E-state index contributed by atoms with van der Waals surface area (Å²) in [5.41, 5.74) is 3.06. The zero-order valence-corrected chi connectivity index (χ0v) is 17.6. The number of halogens is 2. The lowest BCUT2D eigenvalue weighted by Gasteiger charge is -2.17. The fraction of sp³-hybridized carbons (Fsp3) is 0.273. The van der Waals surface area contributed by atoms with Gasteiger partial charge < -0.3 is 15.6 Å². The Morgan fingerprint density at radius 3 is 2.66 bits per heavy atom. The Morgan fingerprint density at radius 2 is 1.90 bits per heavy atom. The second-order valence-electron chi connectivity index (χ2n) is 6.96. The van der Waals surface area contributed by atoms with Crippen LogP contribution in [0, 0.1) is 0 Å². The van der Waals surface area contributed by atoms with E-state index in [1.54, 1.807) is 6.07 Å². The van der Waals surface area contributed by atoms with E-state index in [-0.39, 0.29) is 11.8 Å². The Morgan fingerprint density at radius 1 is 1.10 bits per heavy atom. The third kappa shape index (κ3) is 5.75. The van der Waals surface area contributed by atoms with Crippen molar-refractivity contribution in [3.63, 3.8) is 0 Å². The number of H-pyrrole nitrogens is 1. The minimum Gasteiger partial charge on any atom is -0.361 e. The summed E-state index contributed by atoms with van der Waals surface area (Å²) in [5, 5.41) is 7.78.